The first kappa shape index (κ1) is 22.5. The monoisotopic (exact) mass is 476 g/mol. The zero-order chi connectivity index (χ0) is 23.5. The van der Waals surface area contributed by atoms with Crippen LogP contribution in [0.3, 0.4) is 0 Å². The summed E-state index contributed by atoms with van der Waals surface area (Å²) in [4.78, 5) is 39.2. The van der Waals surface area contributed by atoms with Crippen molar-refractivity contribution in [2.24, 2.45) is 0 Å². The highest BCUT2D eigenvalue weighted by atomic mass is 32.2. The molecule has 9 nitrogen and oxygen atoms in total. The quantitative estimate of drug-likeness (QED) is 0.558. The number of ether oxygens (including phenoxy) is 2. The average Bonchev–Trinajstić information content (AvgIpc) is 3.13. The summed E-state index contributed by atoms with van der Waals surface area (Å²) in [6.07, 6.45) is 2.21. The lowest BCUT2D eigenvalue weighted by molar-refractivity contribution is -0.185. The predicted octanol–water partition coefficient (Wildman–Crippen LogP) is 1.33. The third-order valence-corrected chi connectivity index (χ3v) is 8.56. The summed E-state index contributed by atoms with van der Waals surface area (Å²) >= 11 is 1.49. The van der Waals surface area contributed by atoms with Crippen LogP contribution in [0.4, 0.5) is 4.79 Å². The third-order valence-electron chi connectivity index (χ3n) is 7.91. The lowest BCUT2D eigenvalue weighted by Gasteiger charge is -2.61. The molecule has 0 aromatic heterocycles. The molecule has 33 heavy (non-hydrogen) atoms. The van der Waals surface area contributed by atoms with Crippen molar-refractivity contribution in [2.45, 2.75) is 61.3 Å². The number of hydrogen-bond donors (Lipinski definition) is 3. The molecule has 1 aromatic rings. The molecular formula is C23H28N2O7S. The number of carboxylic acids is 1. The highest BCUT2D eigenvalue weighted by Gasteiger charge is 2.72. The number of nitrogens with one attached hydrogen (secondary N) is 1. The van der Waals surface area contributed by atoms with Gasteiger partial charge in [-0.2, -0.15) is 11.8 Å². The lowest BCUT2D eigenvalue weighted by Crippen LogP contribution is -2.76. The van der Waals surface area contributed by atoms with E-state index in [1.54, 1.807) is 6.07 Å². The van der Waals surface area contributed by atoms with Gasteiger partial charge in [-0.25, -0.2) is 9.59 Å². The smallest absolute Gasteiger partial charge is 0.413 e. The molecule has 178 valence electrons. The van der Waals surface area contributed by atoms with Gasteiger partial charge < -0.3 is 29.9 Å². The second kappa shape index (κ2) is 7.89. The standard InChI is InChI=1S/C23H28N2O7S/c1-25-9-8-22-17-12-3-4-15(31-21(29)24-13(20(27)28)6-10-33-2)18(17)32-19(22)14(26)5-7-23(22,30)16(25)11-12/h3-4,13,16,19,30H,5-11H2,1-2H3,(H,24,29)(H,27,28)/t13-,16+,19-,22?,23+/m0/s1. The van der Waals surface area contributed by atoms with Crippen molar-refractivity contribution in [2.75, 3.05) is 25.6 Å². The van der Waals surface area contributed by atoms with Crippen LogP contribution in [0.2, 0.25) is 0 Å². The fourth-order valence-electron chi connectivity index (χ4n) is 6.37. The van der Waals surface area contributed by atoms with Crippen LogP contribution < -0.4 is 14.8 Å². The highest BCUT2D eigenvalue weighted by molar-refractivity contribution is 7.98. The van der Waals surface area contributed by atoms with E-state index in [9.17, 15) is 24.6 Å². The van der Waals surface area contributed by atoms with E-state index < -0.39 is 35.2 Å². The van der Waals surface area contributed by atoms with E-state index in [0.29, 0.717) is 30.8 Å². The van der Waals surface area contributed by atoms with Crippen LogP contribution in [-0.2, 0) is 21.4 Å². The molecule has 3 N–H and O–H groups in total. The summed E-state index contributed by atoms with van der Waals surface area (Å²) in [6, 6.07) is 2.30. The van der Waals surface area contributed by atoms with E-state index in [0.717, 1.165) is 17.7 Å². The molecule has 2 aliphatic heterocycles. The minimum absolute atomic E-state index is 0.0505. The van der Waals surface area contributed by atoms with Gasteiger partial charge in [0.25, 0.3) is 0 Å². The Morgan fingerprint density at radius 3 is 2.91 bits per heavy atom. The molecule has 1 saturated carbocycles. The summed E-state index contributed by atoms with van der Waals surface area (Å²) in [5.74, 6) is -0.155. The highest BCUT2D eigenvalue weighted by Crippen LogP contribution is 2.64. The van der Waals surface area contributed by atoms with Gasteiger partial charge in [0.15, 0.2) is 23.4 Å². The number of aliphatic hydroxyl groups is 1. The Morgan fingerprint density at radius 2 is 2.18 bits per heavy atom. The van der Waals surface area contributed by atoms with Crippen LogP contribution in [0.5, 0.6) is 11.5 Å². The fraction of sp³-hybridized carbons (Fsp3) is 0.609. The van der Waals surface area contributed by atoms with Gasteiger partial charge in [0.05, 0.1) is 11.0 Å². The van der Waals surface area contributed by atoms with Crippen LogP contribution in [0, 0.1) is 0 Å². The van der Waals surface area contributed by atoms with Gasteiger partial charge in [-0.1, -0.05) is 6.07 Å². The molecule has 5 atom stereocenters. The summed E-state index contributed by atoms with van der Waals surface area (Å²) in [7, 11) is 2.00. The van der Waals surface area contributed by atoms with Crippen molar-refractivity contribution in [1.29, 1.82) is 0 Å². The number of likely N-dealkylation sites (tertiary alicyclic amines) is 1. The van der Waals surface area contributed by atoms with E-state index in [2.05, 4.69) is 10.2 Å². The molecule has 1 aromatic carbocycles. The number of thioether (sulfide) groups is 1. The van der Waals surface area contributed by atoms with E-state index in [1.807, 2.05) is 19.4 Å². The molecule has 2 aliphatic carbocycles. The zero-order valence-electron chi connectivity index (χ0n) is 18.6. The number of nitrogens with zero attached hydrogens (tertiary/aromatic N) is 1. The first-order valence-corrected chi connectivity index (χ1v) is 12.6. The van der Waals surface area contributed by atoms with Gasteiger partial charge in [0, 0.05) is 18.0 Å². The summed E-state index contributed by atoms with van der Waals surface area (Å²) in [5, 5.41) is 23.8. The van der Waals surface area contributed by atoms with Crippen LogP contribution in [0.25, 0.3) is 0 Å². The van der Waals surface area contributed by atoms with Gasteiger partial charge in [0.2, 0.25) is 0 Å². The Hall–Kier alpha value is -2.30. The molecule has 2 heterocycles. The van der Waals surface area contributed by atoms with Crippen molar-refractivity contribution in [1.82, 2.24) is 10.2 Å². The van der Waals surface area contributed by atoms with Crippen molar-refractivity contribution >= 4 is 29.6 Å². The first-order chi connectivity index (χ1) is 15.7. The lowest BCUT2D eigenvalue weighted by atomic mass is 9.49. The average molecular weight is 477 g/mol. The second-order valence-corrected chi connectivity index (χ2v) is 10.4. The molecule has 10 heteroatoms. The molecule has 1 spiro atoms. The molecule has 1 saturated heterocycles. The number of amides is 1. The number of carboxylic acid groups (broad SMARTS) is 1. The number of carbonyl (C=O) groups is 3. The van der Waals surface area contributed by atoms with E-state index >= 15 is 0 Å². The molecule has 1 amide bonds. The number of Topliss-reactive ketones (excluding diaryl/α,β-unsaturated/α-hetero) is 1. The maximum absolute atomic E-state index is 13.0. The molecule has 2 bridgehead atoms. The second-order valence-electron chi connectivity index (χ2n) is 9.44. The third kappa shape index (κ3) is 3.10. The van der Waals surface area contributed by atoms with Crippen molar-refractivity contribution < 1.29 is 34.1 Å². The largest absolute Gasteiger partial charge is 0.480 e. The molecule has 0 radical (unpaired) electrons. The van der Waals surface area contributed by atoms with Crippen LogP contribution in [-0.4, -0.2) is 82.3 Å². The number of aliphatic carboxylic acids is 1. The Bertz CT molecular complexity index is 1030. The molecule has 2 fully saturated rings. The van der Waals surface area contributed by atoms with Crippen LogP contribution >= 0.6 is 11.8 Å². The number of ketones is 1. The maximum Gasteiger partial charge on any atom is 0.413 e. The number of hydrogen-bond acceptors (Lipinski definition) is 8. The van der Waals surface area contributed by atoms with Gasteiger partial charge in [0.1, 0.15) is 6.04 Å². The Balaban J connectivity index is 1.50. The van der Waals surface area contributed by atoms with E-state index in [-0.39, 0.29) is 30.4 Å². The molecule has 5 rings (SSSR count). The molecule has 4 aliphatic rings. The predicted molar refractivity (Wildman–Crippen MR) is 120 cm³/mol. The first-order valence-electron chi connectivity index (χ1n) is 11.2. The Kier molecular flexibility index (Phi) is 5.37. The Morgan fingerprint density at radius 1 is 1.39 bits per heavy atom. The number of piperidine rings is 1. The fourth-order valence-corrected chi connectivity index (χ4v) is 6.84. The van der Waals surface area contributed by atoms with Crippen molar-refractivity contribution in [3.63, 3.8) is 0 Å². The van der Waals surface area contributed by atoms with E-state index in [1.165, 1.54) is 11.8 Å². The normalized spacial score (nSPS) is 32.5. The number of carbonyl (C=O) groups excluding carboxylic acids is 2. The number of benzene rings is 1. The summed E-state index contributed by atoms with van der Waals surface area (Å²) in [6.45, 7) is 0.723. The SMILES string of the molecule is CSCC[C@H](NC(=O)Oc1ccc2c3c1O[C@H]1C(=O)CC[C@@]4(O)[C@@H](C2)N(C)CCC314)C(=O)O. The van der Waals surface area contributed by atoms with Gasteiger partial charge in [-0.15, -0.1) is 0 Å². The summed E-state index contributed by atoms with van der Waals surface area (Å²) < 4.78 is 11.7. The zero-order valence-corrected chi connectivity index (χ0v) is 19.4. The Labute approximate surface area is 195 Å². The van der Waals surface area contributed by atoms with Gasteiger partial charge >= 0.3 is 12.1 Å². The molecular weight excluding hydrogens is 448 g/mol. The van der Waals surface area contributed by atoms with Gasteiger partial charge in [-0.3, -0.25) is 4.79 Å². The molecule has 1 unspecified atom stereocenters. The van der Waals surface area contributed by atoms with Gasteiger partial charge in [-0.05, 0) is 62.9 Å². The van der Waals surface area contributed by atoms with E-state index in [4.69, 9.17) is 9.47 Å². The number of rotatable bonds is 6. The minimum atomic E-state index is -1.13. The van der Waals surface area contributed by atoms with Crippen molar-refractivity contribution in [3.8, 4) is 11.5 Å². The number of likely N-dealkylation sites (N-methyl/N-ethyl adjacent to an activating group) is 1. The maximum atomic E-state index is 13.0. The van der Waals surface area contributed by atoms with Crippen molar-refractivity contribution in [3.05, 3.63) is 23.3 Å². The topological polar surface area (TPSA) is 125 Å². The summed E-state index contributed by atoms with van der Waals surface area (Å²) in [5.41, 5.74) is -0.209. The van der Waals surface area contributed by atoms with Crippen LogP contribution in [0.15, 0.2) is 12.1 Å². The minimum Gasteiger partial charge on any atom is -0.480 e. The van der Waals surface area contributed by atoms with Crippen LogP contribution in [0.1, 0.15) is 36.8 Å².